The Hall–Kier alpha value is -3.05. The Morgan fingerprint density at radius 3 is 2.41 bits per heavy atom. The predicted molar refractivity (Wildman–Crippen MR) is 109 cm³/mol. The molecular weight excluding hydrogens is 362 g/mol. The highest BCUT2D eigenvalue weighted by molar-refractivity contribution is 6.33. The van der Waals surface area contributed by atoms with Crippen LogP contribution < -0.4 is 15.4 Å². The van der Waals surface area contributed by atoms with Crippen molar-refractivity contribution in [1.82, 2.24) is 4.98 Å². The number of anilines is 3. The fourth-order valence-corrected chi connectivity index (χ4v) is 2.58. The van der Waals surface area contributed by atoms with Gasteiger partial charge in [0.25, 0.3) is 5.91 Å². The predicted octanol–water partition coefficient (Wildman–Crippen LogP) is 5.52. The third kappa shape index (κ3) is 5.21. The zero-order valence-corrected chi connectivity index (χ0v) is 15.8. The molecule has 5 nitrogen and oxygen atoms in total. The molecule has 3 rings (SSSR count). The summed E-state index contributed by atoms with van der Waals surface area (Å²) >= 11 is 6.06. The molecule has 2 aromatic carbocycles. The molecule has 0 aliphatic carbocycles. The van der Waals surface area contributed by atoms with E-state index in [4.69, 9.17) is 16.3 Å². The Balaban J connectivity index is 1.63. The van der Waals surface area contributed by atoms with Crippen molar-refractivity contribution in [3.8, 4) is 5.75 Å². The van der Waals surface area contributed by atoms with E-state index in [-0.39, 0.29) is 12.0 Å². The lowest BCUT2D eigenvalue weighted by atomic mass is 10.2. The van der Waals surface area contributed by atoms with Crippen molar-refractivity contribution in [2.45, 2.75) is 20.0 Å². The molecule has 0 aliphatic rings. The summed E-state index contributed by atoms with van der Waals surface area (Å²) in [4.78, 5) is 16.6. The minimum Gasteiger partial charge on any atom is -0.491 e. The molecule has 2 N–H and O–H groups in total. The van der Waals surface area contributed by atoms with Gasteiger partial charge in [0.05, 0.1) is 22.4 Å². The molecule has 27 heavy (non-hydrogen) atoms. The number of halogens is 1. The summed E-state index contributed by atoms with van der Waals surface area (Å²) in [5, 5.41) is 6.45. The second-order valence-electron chi connectivity index (χ2n) is 6.18. The van der Waals surface area contributed by atoms with Crippen molar-refractivity contribution in [3.05, 3.63) is 77.4 Å². The van der Waals surface area contributed by atoms with Crippen molar-refractivity contribution in [2.75, 3.05) is 10.6 Å². The lowest BCUT2D eigenvalue weighted by molar-refractivity contribution is 0.102. The van der Waals surface area contributed by atoms with E-state index in [1.54, 1.807) is 24.3 Å². The van der Waals surface area contributed by atoms with E-state index in [0.29, 0.717) is 22.1 Å². The first-order valence-corrected chi connectivity index (χ1v) is 8.95. The summed E-state index contributed by atoms with van der Waals surface area (Å²) in [6.45, 7) is 3.97. The Morgan fingerprint density at radius 1 is 1.04 bits per heavy atom. The van der Waals surface area contributed by atoms with E-state index in [2.05, 4.69) is 15.6 Å². The van der Waals surface area contributed by atoms with Crippen LogP contribution in [0, 0.1) is 0 Å². The summed E-state index contributed by atoms with van der Waals surface area (Å²) in [7, 11) is 0. The maximum absolute atomic E-state index is 12.3. The van der Waals surface area contributed by atoms with Gasteiger partial charge in [-0.15, -0.1) is 0 Å². The van der Waals surface area contributed by atoms with Crippen molar-refractivity contribution in [2.24, 2.45) is 0 Å². The summed E-state index contributed by atoms with van der Waals surface area (Å²) in [6.07, 6.45) is 1.65. The highest BCUT2D eigenvalue weighted by atomic mass is 35.5. The van der Waals surface area contributed by atoms with Crippen molar-refractivity contribution in [1.29, 1.82) is 0 Å². The molecule has 3 aromatic rings. The van der Waals surface area contributed by atoms with E-state index < -0.39 is 0 Å². The molecule has 0 fully saturated rings. The number of hydrogen-bond donors (Lipinski definition) is 2. The Labute approximate surface area is 163 Å². The molecule has 0 saturated carbocycles. The zero-order chi connectivity index (χ0) is 19.2. The van der Waals surface area contributed by atoms with E-state index in [1.807, 2.05) is 50.2 Å². The summed E-state index contributed by atoms with van der Waals surface area (Å²) in [5.74, 6) is 1.19. The lowest BCUT2D eigenvalue weighted by Crippen LogP contribution is -2.12. The van der Waals surface area contributed by atoms with Crippen LogP contribution in [0.3, 0.4) is 0 Å². The first kappa shape index (κ1) is 18.7. The quantitative estimate of drug-likeness (QED) is 0.590. The highest BCUT2D eigenvalue weighted by Gasteiger charge is 2.09. The number of pyridine rings is 1. The topological polar surface area (TPSA) is 63.2 Å². The number of aromatic nitrogens is 1. The number of benzene rings is 2. The van der Waals surface area contributed by atoms with E-state index in [1.165, 1.54) is 6.20 Å². The third-order valence-corrected chi connectivity index (χ3v) is 3.98. The van der Waals surface area contributed by atoms with Crippen LogP contribution in [0.15, 0.2) is 66.9 Å². The number of nitrogens with zero attached hydrogens (tertiary/aromatic N) is 1. The van der Waals surface area contributed by atoms with Gasteiger partial charge >= 0.3 is 0 Å². The van der Waals surface area contributed by atoms with Gasteiger partial charge in [-0.2, -0.15) is 0 Å². The zero-order valence-electron chi connectivity index (χ0n) is 15.1. The van der Waals surface area contributed by atoms with Gasteiger partial charge in [0.15, 0.2) is 0 Å². The molecule has 0 aliphatic heterocycles. The first-order valence-electron chi connectivity index (χ1n) is 8.57. The lowest BCUT2D eigenvalue weighted by Gasteiger charge is -2.11. The number of carbonyl (C=O) groups excluding carboxylic acids is 1. The molecule has 0 spiro atoms. The monoisotopic (exact) mass is 381 g/mol. The molecule has 6 heteroatoms. The van der Waals surface area contributed by atoms with Gasteiger partial charge in [-0.1, -0.05) is 23.7 Å². The smallest absolute Gasteiger partial charge is 0.257 e. The second kappa shape index (κ2) is 8.56. The SMILES string of the molecule is CC(C)Oc1ccc(Nc2ccc(C(=O)Nc3ccccc3Cl)cn2)cc1. The molecule has 0 bridgehead atoms. The van der Waals surface area contributed by atoms with Crippen LogP contribution in [-0.4, -0.2) is 17.0 Å². The second-order valence-corrected chi connectivity index (χ2v) is 6.59. The van der Waals surface area contributed by atoms with Gasteiger partial charge in [0.1, 0.15) is 11.6 Å². The molecule has 138 valence electrons. The van der Waals surface area contributed by atoms with Crippen LogP contribution in [0.2, 0.25) is 5.02 Å². The van der Waals surface area contributed by atoms with Crippen molar-refractivity contribution >= 4 is 34.7 Å². The van der Waals surface area contributed by atoms with Crippen LogP contribution >= 0.6 is 11.6 Å². The van der Waals surface area contributed by atoms with Crippen molar-refractivity contribution in [3.63, 3.8) is 0 Å². The highest BCUT2D eigenvalue weighted by Crippen LogP contribution is 2.22. The van der Waals surface area contributed by atoms with Crippen LogP contribution in [0.25, 0.3) is 0 Å². The number of rotatable bonds is 6. The molecular formula is C21H20ClN3O2. The number of nitrogens with one attached hydrogen (secondary N) is 2. The van der Waals surface area contributed by atoms with Crippen LogP contribution in [0.1, 0.15) is 24.2 Å². The molecule has 1 heterocycles. The van der Waals surface area contributed by atoms with Gasteiger partial charge in [-0.05, 0) is 62.4 Å². The van der Waals surface area contributed by atoms with Gasteiger partial charge in [0, 0.05) is 11.9 Å². The van der Waals surface area contributed by atoms with E-state index in [0.717, 1.165) is 11.4 Å². The fourth-order valence-electron chi connectivity index (χ4n) is 2.40. The Kier molecular flexibility index (Phi) is 5.94. The Bertz CT molecular complexity index is 909. The van der Waals surface area contributed by atoms with E-state index >= 15 is 0 Å². The molecule has 0 unspecified atom stereocenters. The largest absolute Gasteiger partial charge is 0.491 e. The van der Waals surface area contributed by atoms with Crippen LogP contribution in [-0.2, 0) is 0 Å². The number of ether oxygens (including phenoxy) is 1. The maximum atomic E-state index is 12.3. The average molecular weight is 382 g/mol. The van der Waals surface area contributed by atoms with E-state index in [9.17, 15) is 4.79 Å². The summed E-state index contributed by atoms with van der Waals surface area (Å²) in [6, 6.07) is 18.2. The fraction of sp³-hybridized carbons (Fsp3) is 0.143. The van der Waals surface area contributed by atoms with Crippen LogP contribution in [0.5, 0.6) is 5.75 Å². The van der Waals surface area contributed by atoms with Crippen LogP contribution in [0.4, 0.5) is 17.2 Å². The minimum absolute atomic E-state index is 0.134. The number of hydrogen-bond acceptors (Lipinski definition) is 4. The average Bonchev–Trinajstić information content (AvgIpc) is 2.65. The standard InChI is InChI=1S/C21H20ClN3O2/c1-14(2)27-17-10-8-16(9-11-17)24-20-12-7-15(13-23-20)21(26)25-19-6-4-3-5-18(19)22/h3-14H,1-2H3,(H,23,24)(H,25,26). The molecule has 1 amide bonds. The number of carbonyl (C=O) groups is 1. The summed E-state index contributed by atoms with van der Waals surface area (Å²) in [5.41, 5.74) is 1.89. The number of para-hydroxylation sites is 1. The molecule has 1 aromatic heterocycles. The first-order chi connectivity index (χ1) is 13.0. The van der Waals surface area contributed by atoms with Gasteiger partial charge in [-0.3, -0.25) is 4.79 Å². The third-order valence-electron chi connectivity index (χ3n) is 3.65. The number of amides is 1. The molecule has 0 radical (unpaired) electrons. The van der Waals surface area contributed by atoms with Gasteiger partial charge < -0.3 is 15.4 Å². The summed E-state index contributed by atoms with van der Waals surface area (Å²) < 4.78 is 5.62. The minimum atomic E-state index is -0.266. The Morgan fingerprint density at radius 2 is 1.78 bits per heavy atom. The van der Waals surface area contributed by atoms with Gasteiger partial charge in [0.2, 0.25) is 0 Å². The maximum Gasteiger partial charge on any atom is 0.257 e. The molecule has 0 saturated heterocycles. The van der Waals surface area contributed by atoms with Gasteiger partial charge in [-0.25, -0.2) is 4.98 Å². The molecule has 0 atom stereocenters. The normalized spacial score (nSPS) is 10.5. The van der Waals surface area contributed by atoms with Crippen molar-refractivity contribution < 1.29 is 9.53 Å².